The molecule has 0 heterocycles. The van der Waals surface area contributed by atoms with Crippen molar-refractivity contribution in [2.24, 2.45) is 0 Å². The number of anilines is 1. The maximum absolute atomic E-state index is 12.9. The fourth-order valence-electron chi connectivity index (χ4n) is 1.53. The molecule has 1 aromatic rings. The first-order valence-electron chi connectivity index (χ1n) is 6.04. The van der Waals surface area contributed by atoms with Crippen LogP contribution in [0.2, 0.25) is 0 Å². The summed E-state index contributed by atoms with van der Waals surface area (Å²) in [6.07, 6.45) is -0.701. The van der Waals surface area contributed by atoms with Gasteiger partial charge >= 0.3 is 0 Å². The zero-order valence-corrected chi connectivity index (χ0v) is 10.9. The predicted molar refractivity (Wildman–Crippen MR) is 66.6 cm³/mol. The second-order valence-electron chi connectivity index (χ2n) is 3.75. The predicted octanol–water partition coefficient (Wildman–Crippen LogP) is 2.69. The second kappa shape index (κ2) is 7.81. The van der Waals surface area contributed by atoms with E-state index in [-0.39, 0.29) is 12.1 Å². The fraction of sp³-hybridized carbons (Fsp3) is 0.462. The van der Waals surface area contributed by atoms with E-state index in [1.54, 1.807) is 13.8 Å². The number of benzene rings is 1. The highest BCUT2D eigenvalue weighted by Crippen LogP contribution is 2.13. The van der Waals surface area contributed by atoms with Gasteiger partial charge in [-0.2, -0.15) is 0 Å². The van der Waals surface area contributed by atoms with Crippen molar-refractivity contribution in [2.75, 3.05) is 18.5 Å². The van der Waals surface area contributed by atoms with Gasteiger partial charge in [0, 0.05) is 25.0 Å². The maximum atomic E-state index is 12.9. The lowest BCUT2D eigenvalue weighted by Crippen LogP contribution is -2.25. The maximum Gasteiger partial charge on any atom is 0.229 e. The van der Waals surface area contributed by atoms with Crippen molar-refractivity contribution in [3.8, 4) is 0 Å². The van der Waals surface area contributed by atoms with Gasteiger partial charge in [-0.25, -0.2) is 8.78 Å². The quantitative estimate of drug-likeness (QED) is 0.777. The van der Waals surface area contributed by atoms with Crippen molar-refractivity contribution in [1.29, 1.82) is 0 Å². The summed E-state index contributed by atoms with van der Waals surface area (Å²) in [6.45, 7) is 4.39. The zero-order chi connectivity index (χ0) is 14.3. The van der Waals surface area contributed by atoms with Gasteiger partial charge in [-0.15, -0.1) is 0 Å². The van der Waals surface area contributed by atoms with Crippen LogP contribution < -0.4 is 5.32 Å². The average molecular weight is 273 g/mol. The van der Waals surface area contributed by atoms with Crippen LogP contribution in [0.3, 0.4) is 0 Å². The van der Waals surface area contributed by atoms with Crippen LogP contribution in [0.25, 0.3) is 0 Å². The number of carbonyl (C=O) groups is 1. The molecule has 0 saturated carbocycles. The monoisotopic (exact) mass is 273 g/mol. The summed E-state index contributed by atoms with van der Waals surface area (Å²) < 4.78 is 36.3. The van der Waals surface area contributed by atoms with E-state index in [0.29, 0.717) is 13.2 Å². The lowest BCUT2D eigenvalue weighted by Gasteiger charge is -2.16. The highest BCUT2D eigenvalue weighted by molar-refractivity contribution is 5.90. The highest BCUT2D eigenvalue weighted by Gasteiger charge is 2.14. The molecule has 0 atom stereocenters. The van der Waals surface area contributed by atoms with E-state index < -0.39 is 23.8 Å². The second-order valence-corrected chi connectivity index (χ2v) is 3.75. The Balaban J connectivity index is 2.58. The molecule has 0 aliphatic heterocycles. The molecule has 0 radical (unpaired) electrons. The third-order valence-corrected chi connectivity index (χ3v) is 2.20. The summed E-state index contributed by atoms with van der Waals surface area (Å²) >= 11 is 0. The molecule has 0 saturated heterocycles. The molecule has 0 spiro atoms. The van der Waals surface area contributed by atoms with Crippen molar-refractivity contribution in [3.05, 3.63) is 29.8 Å². The first-order valence-corrected chi connectivity index (χ1v) is 6.04. The molecule has 0 aliphatic carbocycles. The highest BCUT2D eigenvalue weighted by atomic mass is 19.1. The minimum atomic E-state index is -0.749. The van der Waals surface area contributed by atoms with Crippen molar-refractivity contribution in [1.82, 2.24) is 0 Å². The van der Waals surface area contributed by atoms with E-state index in [4.69, 9.17) is 9.47 Å². The number of carbonyl (C=O) groups excluding carboxylic acids is 1. The van der Waals surface area contributed by atoms with E-state index in [9.17, 15) is 13.6 Å². The van der Waals surface area contributed by atoms with E-state index in [0.717, 1.165) is 18.2 Å². The molecule has 4 nitrogen and oxygen atoms in total. The molecule has 6 heteroatoms. The first kappa shape index (κ1) is 15.5. The number of amides is 1. The van der Waals surface area contributed by atoms with Crippen LogP contribution in [0.4, 0.5) is 14.5 Å². The van der Waals surface area contributed by atoms with Crippen molar-refractivity contribution >= 4 is 11.6 Å². The summed E-state index contributed by atoms with van der Waals surface area (Å²) in [6, 6.07) is 2.81. The topological polar surface area (TPSA) is 47.6 Å². The van der Waals surface area contributed by atoms with Gasteiger partial charge in [0.1, 0.15) is 11.6 Å². The number of hydrogen-bond acceptors (Lipinski definition) is 3. The van der Waals surface area contributed by atoms with Crippen LogP contribution in [-0.2, 0) is 14.3 Å². The molecular weight excluding hydrogens is 256 g/mol. The lowest BCUT2D eigenvalue weighted by molar-refractivity contribution is -0.150. The van der Waals surface area contributed by atoms with E-state index in [1.165, 1.54) is 0 Å². The SMILES string of the molecule is CCOC(CC(=O)Nc1cc(F)cc(F)c1)OCC. The van der Waals surface area contributed by atoms with Crippen LogP contribution in [0, 0.1) is 11.6 Å². The Morgan fingerprint density at radius 3 is 2.16 bits per heavy atom. The Morgan fingerprint density at radius 1 is 1.16 bits per heavy atom. The minimum Gasteiger partial charge on any atom is -0.352 e. The molecule has 1 rings (SSSR count). The van der Waals surface area contributed by atoms with Crippen LogP contribution in [0.1, 0.15) is 20.3 Å². The molecule has 1 N–H and O–H groups in total. The normalized spacial score (nSPS) is 10.8. The number of nitrogens with one attached hydrogen (secondary N) is 1. The summed E-state index contributed by atoms with van der Waals surface area (Å²) in [4.78, 5) is 11.7. The summed E-state index contributed by atoms with van der Waals surface area (Å²) in [5, 5.41) is 2.39. The Bertz CT molecular complexity index is 400. The Hall–Kier alpha value is -1.53. The Morgan fingerprint density at radius 2 is 1.68 bits per heavy atom. The van der Waals surface area contributed by atoms with Gasteiger partial charge in [-0.1, -0.05) is 0 Å². The van der Waals surface area contributed by atoms with Gasteiger partial charge in [0.25, 0.3) is 0 Å². The summed E-state index contributed by atoms with van der Waals surface area (Å²) in [5.41, 5.74) is 0.0641. The molecule has 0 unspecified atom stereocenters. The lowest BCUT2D eigenvalue weighted by atomic mass is 10.3. The van der Waals surface area contributed by atoms with Gasteiger partial charge in [-0.3, -0.25) is 4.79 Å². The molecule has 19 heavy (non-hydrogen) atoms. The van der Waals surface area contributed by atoms with E-state index in [2.05, 4.69) is 5.32 Å². The summed E-state index contributed by atoms with van der Waals surface area (Å²) in [5.74, 6) is -1.93. The van der Waals surface area contributed by atoms with Gasteiger partial charge < -0.3 is 14.8 Å². The van der Waals surface area contributed by atoms with Crippen LogP contribution in [-0.4, -0.2) is 25.4 Å². The fourth-order valence-corrected chi connectivity index (χ4v) is 1.53. The number of rotatable bonds is 7. The molecule has 106 valence electrons. The molecule has 0 aromatic heterocycles. The Kier molecular flexibility index (Phi) is 6.38. The summed E-state index contributed by atoms with van der Waals surface area (Å²) in [7, 11) is 0. The van der Waals surface area contributed by atoms with Gasteiger partial charge in [0.15, 0.2) is 6.29 Å². The molecular formula is C13H17F2NO3. The van der Waals surface area contributed by atoms with E-state index in [1.807, 2.05) is 0 Å². The number of hydrogen-bond donors (Lipinski definition) is 1. The molecule has 0 fully saturated rings. The van der Waals surface area contributed by atoms with Crippen molar-refractivity contribution in [3.63, 3.8) is 0 Å². The average Bonchev–Trinajstić information content (AvgIpc) is 2.27. The smallest absolute Gasteiger partial charge is 0.229 e. The largest absolute Gasteiger partial charge is 0.352 e. The third kappa shape index (κ3) is 5.76. The number of halogens is 2. The van der Waals surface area contributed by atoms with Crippen LogP contribution in [0.5, 0.6) is 0 Å². The molecule has 1 aromatic carbocycles. The molecule has 1 amide bonds. The zero-order valence-electron chi connectivity index (χ0n) is 10.9. The number of ether oxygens (including phenoxy) is 2. The minimum absolute atomic E-state index is 0.0419. The van der Waals surface area contributed by atoms with Gasteiger partial charge in [0.2, 0.25) is 5.91 Å². The molecule has 0 aliphatic rings. The Labute approximate surface area is 110 Å². The van der Waals surface area contributed by atoms with Crippen molar-refractivity contribution in [2.45, 2.75) is 26.6 Å². The van der Waals surface area contributed by atoms with Gasteiger partial charge in [-0.05, 0) is 26.0 Å². The van der Waals surface area contributed by atoms with Crippen LogP contribution in [0.15, 0.2) is 18.2 Å². The first-order chi connectivity index (χ1) is 9.05. The van der Waals surface area contributed by atoms with E-state index >= 15 is 0 Å². The van der Waals surface area contributed by atoms with Crippen molar-refractivity contribution < 1.29 is 23.0 Å². The standard InChI is InChI=1S/C13H17F2NO3/c1-3-18-13(19-4-2)8-12(17)16-11-6-9(14)5-10(15)7-11/h5-7,13H,3-4,8H2,1-2H3,(H,16,17). The van der Waals surface area contributed by atoms with Gasteiger partial charge in [0.05, 0.1) is 6.42 Å². The van der Waals surface area contributed by atoms with Crippen LogP contribution >= 0.6 is 0 Å². The third-order valence-electron chi connectivity index (χ3n) is 2.20. The molecule has 0 bridgehead atoms.